The fourth-order valence-electron chi connectivity index (χ4n) is 1.68. The summed E-state index contributed by atoms with van der Waals surface area (Å²) in [5.41, 5.74) is 9.58. The van der Waals surface area contributed by atoms with Crippen LogP contribution in [0.1, 0.15) is 19.8 Å². The van der Waals surface area contributed by atoms with Crippen molar-refractivity contribution >= 4 is 22.5 Å². The van der Waals surface area contributed by atoms with Crippen molar-refractivity contribution in [3.63, 3.8) is 0 Å². The molecular formula is C17H26N4O. The van der Waals surface area contributed by atoms with Crippen LogP contribution in [0.3, 0.4) is 0 Å². The molecule has 6 N–H and O–H groups in total. The summed E-state index contributed by atoms with van der Waals surface area (Å²) in [6.45, 7) is 2.07. The number of hydrogen-bond acceptors (Lipinski definition) is 3. The molecule has 5 nitrogen and oxygen atoms in total. The zero-order valence-corrected chi connectivity index (χ0v) is 13.3. The van der Waals surface area contributed by atoms with Crippen LogP contribution in [0.25, 0.3) is 10.8 Å². The summed E-state index contributed by atoms with van der Waals surface area (Å²) in [6, 6.07) is 16.7. The van der Waals surface area contributed by atoms with Crippen molar-refractivity contribution < 1.29 is 4.79 Å². The minimum Gasteiger partial charge on any atom is -0.388 e. The second kappa shape index (κ2) is 12.3. The summed E-state index contributed by atoms with van der Waals surface area (Å²) >= 11 is 0. The summed E-state index contributed by atoms with van der Waals surface area (Å²) in [7, 11) is 1.50. The van der Waals surface area contributed by atoms with Gasteiger partial charge in [0.25, 0.3) is 0 Å². The molecule has 0 aromatic heterocycles. The van der Waals surface area contributed by atoms with E-state index in [4.69, 9.17) is 11.1 Å². The highest BCUT2D eigenvalue weighted by atomic mass is 16.1. The quantitative estimate of drug-likeness (QED) is 0.395. The largest absolute Gasteiger partial charge is 0.388 e. The van der Waals surface area contributed by atoms with Gasteiger partial charge >= 0.3 is 0 Å². The summed E-state index contributed by atoms with van der Waals surface area (Å²) in [4.78, 5) is 10.3. The molecule has 0 radical (unpaired) electrons. The lowest BCUT2D eigenvalue weighted by molar-refractivity contribution is -0.118. The Kier molecular flexibility index (Phi) is 11.0. The lowest BCUT2D eigenvalue weighted by Crippen LogP contribution is -2.22. The van der Waals surface area contributed by atoms with Crippen molar-refractivity contribution in [3.05, 3.63) is 48.5 Å². The fourth-order valence-corrected chi connectivity index (χ4v) is 1.68. The molecule has 0 saturated carbocycles. The van der Waals surface area contributed by atoms with Gasteiger partial charge in [-0.1, -0.05) is 48.5 Å². The van der Waals surface area contributed by atoms with Gasteiger partial charge in [-0.2, -0.15) is 0 Å². The average molecular weight is 302 g/mol. The first-order chi connectivity index (χ1) is 10.6. The van der Waals surface area contributed by atoms with Crippen molar-refractivity contribution in [3.8, 4) is 0 Å². The maximum Gasteiger partial charge on any atom is 0.216 e. The van der Waals surface area contributed by atoms with Gasteiger partial charge in [-0.3, -0.25) is 10.2 Å². The van der Waals surface area contributed by atoms with Gasteiger partial charge in [-0.05, 0) is 24.2 Å². The monoisotopic (exact) mass is 302 g/mol. The highest BCUT2D eigenvalue weighted by molar-refractivity contribution is 5.82. The van der Waals surface area contributed by atoms with Crippen LogP contribution < -0.4 is 16.8 Å². The first-order valence-electron chi connectivity index (χ1n) is 7.18. The molecule has 0 unspecified atom stereocenters. The van der Waals surface area contributed by atoms with Crippen LogP contribution in [-0.2, 0) is 4.79 Å². The second-order valence-electron chi connectivity index (χ2n) is 4.46. The summed E-state index contributed by atoms with van der Waals surface area (Å²) in [6.07, 6.45) is 1.30. The smallest absolute Gasteiger partial charge is 0.216 e. The number of fused-ring (bicyclic) bond motifs is 1. The third kappa shape index (κ3) is 9.50. The van der Waals surface area contributed by atoms with Crippen LogP contribution in [0.4, 0.5) is 0 Å². The Morgan fingerprint density at radius 2 is 1.45 bits per heavy atom. The van der Waals surface area contributed by atoms with Crippen LogP contribution in [0.2, 0.25) is 0 Å². The number of benzene rings is 2. The third-order valence-corrected chi connectivity index (χ3v) is 2.66. The number of carbonyl (C=O) groups is 1. The number of rotatable bonds is 4. The van der Waals surface area contributed by atoms with E-state index in [1.807, 2.05) is 0 Å². The van der Waals surface area contributed by atoms with Gasteiger partial charge in [0.05, 0.1) is 5.84 Å². The first kappa shape index (κ1) is 19.6. The summed E-state index contributed by atoms with van der Waals surface area (Å²) in [5, 5.41) is 12.1. The predicted octanol–water partition coefficient (Wildman–Crippen LogP) is 2.25. The highest BCUT2D eigenvalue weighted by Crippen LogP contribution is 2.11. The molecule has 0 aliphatic heterocycles. The van der Waals surface area contributed by atoms with Gasteiger partial charge in [0, 0.05) is 19.9 Å². The maximum absolute atomic E-state index is 10.3. The standard InChI is InChI=1S/C10H8.C6H13N3O.CH5N/c1-2-6-10-8-4-3-7-9(10)5-1;1-5(10)9-4-2-3-6(7)8;1-2/h1-8H;2-4H2,1H3,(H3,7,8)(H,9,10);2H2,1H3. The van der Waals surface area contributed by atoms with Gasteiger partial charge in [0.15, 0.2) is 0 Å². The second-order valence-corrected chi connectivity index (χ2v) is 4.46. The maximum atomic E-state index is 10.3. The molecule has 2 rings (SSSR count). The van der Waals surface area contributed by atoms with Crippen LogP contribution in [0.5, 0.6) is 0 Å². The average Bonchev–Trinajstić information content (AvgIpc) is 2.54. The van der Waals surface area contributed by atoms with E-state index < -0.39 is 0 Å². The highest BCUT2D eigenvalue weighted by Gasteiger charge is 1.91. The van der Waals surface area contributed by atoms with Crippen molar-refractivity contribution in [2.24, 2.45) is 11.5 Å². The molecule has 0 aliphatic carbocycles. The van der Waals surface area contributed by atoms with E-state index in [-0.39, 0.29) is 11.7 Å². The molecule has 120 valence electrons. The number of nitrogens with one attached hydrogen (secondary N) is 2. The van der Waals surface area contributed by atoms with E-state index in [1.54, 1.807) is 0 Å². The Balaban J connectivity index is 0.000000360. The SMILES string of the molecule is CC(=O)NCCCC(=N)N.CN.c1ccc2ccccc2c1. The molecule has 0 heterocycles. The van der Waals surface area contributed by atoms with Crippen molar-refractivity contribution in [2.75, 3.05) is 13.6 Å². The van der Waals surface area contributed by atoms with Gasteiger partial charge in [-0.15, -0.1) is 0 Å². The molecule has 2 aromatic rings. The minimum atomic E-state index is -0.0384. The molecule has 0 spiro atoms. The van der Waals surface area contributed by atoms with E-state index in [9.17, 15) is 4.79 Å². The normalized spacial score (nSPS) is 8.86. The van der Waals surface area contributed by atoms with Crippen LogP contribution in [0, 0.1) is 5.41 Å². The van der Waals surface area contributed by atoms with E-state index in [0.29, 0.717) is 13.0 Å². The lowest BCUT2D eigenvalue weighted by Gasteiger charge is -1.99. The third-order valence-electron chi connectivity index (χ3n) is 2.66. The predicted molar refractivity (Wildman–Crippen MR) is 93.9 cm³/mol. The number of nitrogens with two attached hydrogens (primary N) is 2. The van der Waals surface area contributed by atoms with Crippen LogP contribution in [0.15, 0.2) is 48.5 Å². The van der Waals surface area contributed by atoms with Gasteiger partial charge in [0.1, 0.15) is 0 Å². The van der Waals surface area contributed by atoms with Crippen LogP contribution >= 0.6 is 0 Å². The molecule has 5 heteroatoms. The van der Waals surface area contributed by atoms with E-state index in [0.717, 1.165) is 6.42 Å². The molecule has 0 aliphatic rings. The van der Waals surface area contributed by atoms with Crippen molar-refractivity contribution in [1.29, 1.82) is 5.41 Å². The summed E-state index contributed by atoms with van der Waals surface area (Å²) in [5.74, 6) is 0.133. The first-order valence-corrected chi connectivity index (χ1v) is 7.18. The van der Waals surface area contributed by atoms with Crippen molar-refractivity contribution in [1.82, 2.24) is 5.32 Å². The zero-order chi connectivity index (χ0) is 16.8. The Hall–Kier alpha value is -2.40. The van der Waals surface area contributed by atoms with Gasteiger partial charge in [0.2, 0.25) is 5.91 Å². The Bertz CT molecular complexity index is 488. The Morgan fingerprint density at radius 1 is 1.05 bits per heavy atom. The fraction of sp³-hybridized carbons (Fsp3) is 0.294. The molecule has 0 atom stereocenters. The van der Waals surface area contributed by atoms with E-state index in [2.05, 4.69) is 59.6 Å². The van der Waals surface area contributed by atoms with Crippen LogP contribution in [-0.4, -0.2) is 25.3 Å². The van der Waals surface area contributed by atoms with E-state index in [1.165, 1.54) is 24.7 Å². The van der Waals surface area contributed by atoms with E-state index >= 15 is 0 Å². The zero-order valence-electron chi connectivity index (χ0n) is 13.3. The molecule has 0 fully saturated rings. The minimum absolute atomic E-state index is 0.0384. The topological polar surface area (TPSA) is 105 Å². The number of carbonyl (C=O) groups excluding carboxylic acids is 1. The number of hydrogen-bond donors (Lipinski definition) is 4. The van der Waals surface area contributed by atoms with Gasteiger partial charge < -0.3 is 16.8 Å². The van der Waals surface area contributed by atoms with Crippen molar-refractivity contribution in [2.45, 2.75) is 19.8 Å². The van der Waals surface area contributed by atoms with Gasteiger partial charge in [-0.25, -0.2) is 0 Å². The molecular weight excluding hydrogens is 276 g/mol. The number of amidine groups is 1. The Labute approximate surface area is 132 Å². The molecule has 0 bridgehead atoms. The molecule has 22 heavy (non-hydrogen) atoms. The number of amides is 1. The summed E-state index contributed by atoms with van der Waals surface area (Å²) < 4.78 is 0. The Morgan fingerprint density at radius 3 is 1.77 bits per heavy atom. The molecule has 1 amide bonds. The lowest BCUT2D eigenvalue weighted by atomic mass is 10.1. The molecule has 0 saturated heterocycles. The molecule has 2 aromatic carbocycles.